The summed E-state index contributed by atoms with van der Waals surface area (Å²) in [6.45, 7) is 9.53. The van der Waals surface area contributed by atoms with Crippen LogP contribution in [0.5, 0.6) is 5.75 Å². The lowest BCUT2D eigenvalue weighted by molar-refractivity contribution is -0.138. The van der Waals surface area contributed by atoms with Gasteiger partial charge in [0.25, 0.3) is 5.91 Å². The first-order chi connectivity index (χ1) is 16.3. The summed E-state index contributed by atoms with van der Waals surface area (Å²) in [5.41, 5.74) is 2.56. The molecule has 0 saturated carbocycles. The molecule has 9 nitrogen and oxygen atoms in total. The summed E-state index contributed by atoms with van der Waals surface area (Å²) in [5, 5.41) is 25.0. The van der Waals surface area contributed by atoms with Crippen molar-refractivity contribution in [2.24, 2.45) is 0 Å². The molecule has 0 bridgehead atoms. The molecule has 0 aromatic heterocycles. The normalized spacial score (nSPS) is 12.0. The number of benzene rings is 2. The Morgan fingerprint density at radius 3 is 2.20 bits per heavy atom. The zero-order valence-corrected chi connectivity index (χ0v) is 21.1. The predicted octanol–water partition coefficient (Wildman–Crippen LogP) is 3.34. The number of hydrogen-bond donors (Lipinski definition) is 4. The van der Waals surface area contributed by atoms with Gasteiger partial charge in [0.2, 0.25) is 5.91 Å². The number of amides is 3. The molecular weight excluding hydrogens is 450 g/mol. The van der Waals surface area contributed by atoms with Crippen LogP contribution in [0.15, 0.2) is 36.4 Å². The van der Waals surface area contributed by atoms with E-state index in [-0.39, 0.29) is 12.3 Å². The van der Waals surface area contributed by atoms with Gasteiger partial charge in [0.05, 0.1) is 6.61 Å². The zero-order chi connectivity index (χ0) is 26.3. The number of aromatic hydroxyl groups is 1. The smallest absolute Gasteiger partial charge is 0.408 e. The summed E-state index contributed by atoms with van der Waals surface area (Å²) in [6.07, 6.45) is -0.771. The summed E-state index contributed by atoms with van der Waals surface area (Å²) < 4.78 is 5.18. The van der Waals surface area contributed by atoms with E-state index >= 15 is 0 Å². The number of anilines is 1. The Morgan fingerprint density at radius 1 is 1.03 bits per heavy atom. The molecule has 2 aromatic carbocycles. The number of rotatable bonds is 8. The molecule has 2 rings (SSSR count). The van der Waals surface area contributed by atoms with Crippen molar-refractivity contribution in [2.45, 2.75) is 53.2 Å². The molecule has 0 spiro atoms. The van der Waals surface area contributed by atoms with Crippen molar-refractivity contribution in [3.05, 3.63) is 58.7 Å². The highest BCUT2D eigenvalue weighted by molar-refractivity contribution is 5.99. The van der Waals surface area contributed by atoms with Crippen LogP contribution in [-0.2, 0) is 14.3 Å². The van der Waals surface area contributed by atoms with Crippen molar-refractivity contribution in [3.8, 4) is 5.75 Å². The van der Waals surface area contributed by atoms with Crippen LogP contribution in [0, 0.1) is 20.8 Å². The fraction of sp³-hybridized carbons (Fsp3) is 0.423. The quantitative estimate of drug-likeness (QED) is 0.454. The Bertz CT molecular complexity index is 1060. The molecule has 0 aliphatic heterocycles. The van der Waals surface area contributed by atoms with E-state index in [4.69, 9.17) is 4.74 Å². The lowest BCUT2D eigenvalue weighted by Crippen LogP contribution is -2.47. The zero-order valence-electron chi connectivity index (χ0n) is 21.1. The highest BCUT2D eigenvalue weighted by atomic mass is 16.6. The van der Waals surface area contributed by atoms with E-state index in [2.05, 4.69) is 10.6 Å². The molecule has 1 unspecified atom stereocenters. The number of phenols is 1. The first-order valence-electron chi connectivity index (χ1n) is 11.4. The molecule has 1 atom stereocenters. The van der Waals surface area contributed by atoms with Gasteiger partial charge < -0.3 is 30.5 Å². The predicted molar refractivity (Wildman–Crippen MR) is 133 cm³/mol. The summed E-state index contributed by atoms with van der Waals surface area (Å²) >= 11 is 0. The molecule has 0 fully saturated rings. The van der Waals surface area contributed by atoms with E-state index in [0.29, 0.717) is 16.8 Å². The Labute approximate surface area is 206 Å². The molecule has 0 radical (unpaired) electrons. The topological polar surface area (TPSA) is 128 Å². The Morgan fingerprint density at radius 2 is 1.66 bits per heavy atom. The molecule has 35 heavy (non-hydrogen) atoms. The van der Waals surface area contributed by atoms with Crippen molar-refractivity contribution < 1.29 is 29.3 Å². The van der Waals surface area contributed by atoms with Crippen LogP contribution < -0.4 is 10.6 Å². The minimum Gasteiger partial charge on any atom is -0.508 e. The first kappa shape index (κ1) is 27.7. The summed E-state index contributed by atoms with van der Waals surface area (Å²) in [4.78, 5) is 40.0. The second-order valence-corrected chi connectivity index (χ2v) is 9.37. The second kappa shape index (κ2) is 11.7. The number of carbonyl (C=O) groups excluding carboxylic acids is 3. The lowest BCUT2D eigenvalue weighted by atomic mass is 10.00. The fourth-order valence-corrected chi connectivity index (χ4v) is 3.59. The number of aryl methyl sites for hydroxylation is 3. The number of aliphatic hydroxyl groups excluding tert-OH is 1. The number of nitrogens with one attached hydrogen (secondary N) is 2. The number of nitrogens with zero attached hydrogens (tertiary/aromatic N) is 1. The van der Waals surface area contributed by atoms with Gasteiger partial charge in [-0.2, -0.15) is 0 Å². The molecule has 9 heteroatoms. The molecule has 4 N–H and O–H groups in total. The van der Waals surface area contributed by atoms with Crippen LogP contribution in [0.2, 0.25) is 0 Å². The van der Waals surface area contributed by atoms with Gasteiger partial charge in [-0.1, -0.05) is 24.3 Å². The maximum Gasteiger partial charge on any atom is 0.408 e. The maximum atomic E-state index is 13.6. The maximum absolute atomic E-state index is 13.6. The van der Waals surface area contributed by atoms with Gasteiger partial charge in [-0.05, 0) is 75.9 Å². The van der Waals surface area contributed by atoms with Gasteiger partial charge >= 0.3 is 6.09 Å². The lowest BCUT2D eigenvalue weighted by Gasteiger charge is -2.31. The SMILES string of the molecule is Cc1cc(C(C(=O)Nc2c(C)cccc2C)N(CCO)C(=O)CNC(=O)OC(C)(C)C)ccc1O. The fourth-order valence-electron chi connectivity index (χ4n) is 3.59. The third-order valence-electron chi connectivity index (χ3n) is 5.27. The minimum atomic E-state index is -1.13. The molecule has 0 saturated heterocycles. The van der Waals surface area contributed by atoms with E-state index in [1.165, 1.54) is 11.0 Å². The minimum absolute atomic E-state index is 0.0503. The van der Waals surface area contributed by atoms with E-state index in [1.54, 1.807) is 39.8 Å². The van der Waals surface area contributed by atoms with Crippen LogP contribution in [0.4, 0.5) is 10.5 Å². The van der Waals surface area contributed by atoms with Crippen LogP contribution >= 0.6 is 0 Å². The number of alkyl carbamates (subject to hydrolysis) is 1. The third kappa shape index (κ3) is 7.71. The number of aliphatic hydroxyl groups is 1. The van der Waals surface area contributed by atoms with E-state index in [1.807, 2.05) is 32.0 Å². The number of phenolic OH excluding ortho intramolecular Hbond substituents is 1. The van der Waals surface area contributed by atoms with Gasteiger partial charge in [0.15, 0.2) is 0 Å². The molecule has 190 valence electrons. The van der Waals surface area contributed by atoms with Crippen LogP contribution in [0.25, 0.3) is 0 Å². The van der Waals surface area contributed by atoms with E-state index in [0.717, 1.165) is 11.1 Å². The van der Waals surface area contributed by atoms with Crippen molar-refractivity contribution in [3.63, 3.8) is 0 Å². The van der Waals surface area contributed by atoms with Crippen LogP contribution in [-0.4, -0.2) is 58.3 Å². The third-order valence-corrected chi connectivity index (χ3v) is 5.27. The average molecular weight is 486 g/mol. The summed E-state index contributed by atoms with van der Waals surface area (Å²) in [5.74, 6) is -1.03. The summed E-state index contributed by atoms with van der Waals surface area (Å²) in [6, 6.07) is 9.09. The Hall–Kier alpha value is -3.59. The molecular formula is C26H35N3O6. The standard InChI is InChI=1S/C26H35N3O6/c1-16-8-7-9-17(2)22(16)28-24(33)23(19-10-11-20(31)18(3)14-19)29(12-13-30)21(32)15-27-25(34)35-26(4,5)6/h7-11,14,23,30-31H,12-13,15H2,1-6H3,(H,27,34)(H,28,33). The van der Waals surface area contributed by atoms with Crippen LogP contribution in [0.1, 0.15) is 49.1 Å². The highest BCUT2D eigenvalue weighted by Crippen LogP contribution is 2.29. The van der Waals surface area contributed by atoms with Crippen molar-refractivity contribution in [1.29, 1.82) is 0 Å². The molecule has 2 aromatic rings. The monoisotopic (exact) mass is 485 g/mol. The largest absolute Gasteiger partial charge is 0.508 e. The van der Waals surface area contributed by atoms with Gasteiger partial charge in [-0.15, -0.1) is 0 Å². The average Bonchev–Trinajstić information content (AvgIpc) is 2.75. The van der Waals surface area contributed by atoms with Gasteiger partial charge in [0, 0.05) is 12.2 Å². The Balaban J connectivity index is 2.41. The van der Waals surface area contributed by atoms with Gasteiger partial charge in [-0.3, -0.25) is 9.59 Å². The van der Waals surface area contributed by atoms with Crippen molar-refractivity contribution in [2.75, 3.05) is 25.0 Å². The Kier molecular flexibility index (Phi) is 9.25. The first-order valence-corrected chi connectivity index (χ1v) is 11.4. The number of ether oxygens (including phenoxy) is 1. The van der Waals surface area contributed by atoms with Gasteiger partial charge in [-0.25, -0.2) is 4.79 Å². The molecule has 0 heterocycles. The van der Waals surface area contributed by atoms with Gasteiger partial charge in [0.1, 0.15) is 23.9 Å². The molecule has 0 aliphatic rings. The second-order valence-electron chi connectivity index (χ2n) is 9.37. The molecule has 0 aliphatic carbocycles. The highest BCUT2D eigenvalue weighted by Gasteiger charge is 2.32. The van der Waals surface area contributed by atoms with Crippen molar-refractivity contribution >= 4 is 23.6 Å². The van der Waals surface area contributed by atoms with E-state index < -0.39 is 42.7 Å². The number of carbonyl (C=O) groups is 3. The van der Waals surface area contributed by atoms with Crippen LogP contribution in [0.3, 0.4) is 0 Å². The van der Waals surface area contributed by atoms with Crippen molar-refractivity contribution in [1.82, 2.24) is 10.2 Å². The van der Waals surface area contributed by atoms with E-state index in [9.17, 15) is 24.6 Å². The number of para-hydroxylation sites is 1. The number of hydrogen-bond acceptors (Lipinski definition) is 6. The molecule has 3 amide bonds. The summed E-state index contributed by atoms with van der Waals surface area (Å²) in [7, 11) is 0.